The van der Waals surface area contributed by atoms with Crippen LogP contribution < -0.4 is 10.6 Å². The molecule has 0 fully saturated rings. The van der Waals surface area contributed by atoms with Crippen LogP contribution in [0.2, 0.25) is 0 Å². The molecule has 3 aromatic heterocycles. The number of hydrogen-bond acceptors (Lipinski definition) is 4. The molecule has 0 radical (unpaired) electrons. The van der Waals surface area contributed by atoms with Crippen molar-refractivity contribution in [3.8, 4) is 11.1 Å². The van der Waals surface area contributed by atoms with Crippen molar-refractivity contribution in [1.82, 2.24) is 19.6 Å². The number of benzene rings is 1. The number of carbonyl (C=O) groups excluding carboxylic acids is 1. The van der Waals surface area contributed by atoms with E-state index in [4.69, 9.17) is 0 Å². The quantitative estimate of drug-likeness (QED) is 0.528. The highest BCUT2D eigenvalue weighted by molar-refractivity contribution is 6.06. The summed E-state index contributed by atoms with van der Waals surface area (Å²) < 4.78 is 16.9. The van der Waals surface area contributed by atoms with Gasteiger partial charge in [-0.2, -0.15) is 5.10 Å². The summed E-state index contributed by atoms with van der Waals surface area (Å²) in [4.78, 5) is 15.9. The van der Waals surface area contributed by atoms with Gasteiger partial charge in [0.15, 0.2) is 5.82 Å². The van der Waals surface area contributed by atoms with Crippen LogP contribution in [0.1, 0.15) is 12.5 Å². The third-order valence-electron chi connectivity index (χ3n) is 4.38. The molecule has 0 bridgehead atoms. The number of anilines is 2. The average molecular weight is 352 g/mol. The van der Waals surface area contributed by atoms with Crippen molar-refractivity contribution in [2.24, 2.45) is 0 Å². The molecule has 3 N–H and O–H groups in total. The van der Waals surface area contributed by atoms with E-state index in [-0.39, 0.29) is 11.6 Å². The molecule has 4 rings (SSSR count). The number of carbonyl (C=O) groups is 1. The molecule has 132 valence electrons. The predicted molar refractivity (Wildman–Crippen MR) is 98.8 cm³/mol. The van der Waals surface area contributed by atoms with E-state index in [9.17, 15) is 9.18 Å². The summed E-state index contributed by atoms with van der Waals surface area (Å²) in [5.74, 6) is -0.0699. The zero-order valence-corrected chi connectivity index (χ0v) is 14.5. The van der Waals surface area contributed by atoms with Crippen molar-refractivity contribution < 1.29 is 9.18 Å². The Kier molecular flexibility index (Phi) is 3.61. The largest absolute Gasteiger partial charge is 0.372 e. The lowest BCUT2D eigenvalue weighted by molar-refractivity contribution is -0.114. The number of rotatable bonds is 3. The number of H-pyrrole nitrogens is 1. The Morgan fingerprint density at radius 1 is 1.31 bits per heavy atom. The highest BCUT2D eigenvalue weighted by Gasteiger charge is 2.20. The molecule has 1 aromatic carbocycles. The summed E-state index contributed by atoms with van der Waals surface area (Å²) in [7, 11) is 1.80. The normalized spacial score (nSPS) is 11.2. The first-order valence-electron chi connectivity index (χ1n) is 8.09. The van der Waals surface area contributed by atoms with Crippen molar-refractivity contribution in [1.29, 1.82) is 0 Å². The minimum absolute atomic E-state index is 0.118. The van der Waals surface area contributed by atoms with Crippen molar-refractivity contribution in [3.05, 3.63) is 42.1 Å². The lowest BCUT2D eigenvalue weighted by Crippen LogP contribution is -2.09. The van der Waals surface area contributed by atoms with Gasteiger partial charge in [0.05, 0.1) is 17.9 Å². The molecule has 0 spiro atoms. The van der Waals surface area contributed by atoms with Crippen LogP contribution in [0.4, 0.5) is 15.9 Å². The van der Waals surface area contributed by atoms with Crippen molar-refractivity contribution in [3.63, 3.8) is 0 Å². The minimum Gasteiger partial charge on any atom is -0.372 e. The zero-order valence-electron chi connectivity index (χ0n) is 14.5. The number of aromatic amines is 1. The summed E-state index contributed by atoms with van der Waals surface area (Å²) in [6, 6.07) is 3.77. The Labute approximate surface area is 148 Å². The average Bonchev–Trinajstić information content (AvgIpc) is 3.24. The van der Waals surface area contributed by atoms with Gasteiger partial charge >= 0.3 is 0 Å². The maximum Gasteiger partial charge on any atom is 0.221 e. The fraction of sp³-hybridized carbons (Fsp3) is 0.167. The molecule has 0 aliphatic rings. The van der Waals surface area contributed by atoms with Crippen molar-refractivity contribution in [2.45, 2.75) is 13.8 Å². The van der Waals surface area contributed by atoms with Crippen molar-refractivity contribution >= 4 is 34.0 Å². The number of hydrogen-bond donors (Lipinski definition) is 3. The van der Waals surface area contributed by atoms with Crippen LogP contribution in [0.5, 0.6) is 0 Å². The van der Waals surface area contributed by atoms with Crippen LogP contribution >= 0.6 is 0 Å². The first kappa shape index (κ1) is 16.1. The first-order chi connectivity index (χ1) is 12.5. The molecule has 4 aromatic rings. The molecule has 0 aliphatic carbocycles. The number of aromatic nitrogens is 4. The highest BCUT2D eigenvalue weighted by atomic mass is 19.1. The highest BCUT2D eigenvalue weighted by Crippen LogP contribution is 2.38. The Morgan fingerprint density at radius 3 is 2.85 bits per heavy atom. The molecule has 7 nitrogen and oxygen atoms in total. The summed E-state index contributed by atoms with van der Waals surface area (Å²) in [5, 5.41) is 13.1. The van der Waals surface area contributed by atoms with E-state index < -0.39 is 5.82 Å². The maximum atomic E-state index is 15.0. The van der Waals surface area contributed by atoms with Crippen LogP contribution in [-0.2, 0) is 4.79 Å². The van der Waals surface area contributed by atoms with Gasteiger partial charge in [0, 0.05) is 31.1 Å². The van der Waals surface area contributed by atoms with Gasteiger partial charge < -0.3 is 15.0 Å². The van der Waals surface area contributed by atoms with Crippen molar-refractivity contribution in [2.75, 3.05) is 17.7 Å². The SMILES string of the molecule is CNc1cn2cc(-c3c(C)c(F)c(NC(C)=O)c4[nH]ncc34)ccc2n1. The summed E-state index contributed by atoms with van der Waals surface area (Å²) in [6.07, 6.45) is 5.40. The lowest BCUT2D eigenvalue weighted by Gasteiger charge is -2.14. The standard InChI is InChI=1S/C18H17FN6O/c1-9-15(11-4-5-14-23-13(20-3)8-25(14)7-11)12-6-21-24-17(12)18(16(9)19)22-10(2)26/h4-8,20H,1-3H3,(H,21,24)(H,22,26). The smallest absolute Gasteiger partial charge is 0.221 e. The fourth-order valence-corrected chi connectivity index (χ4v) is 3.20. The topological polar surface area (TPSA) is 87.1 Å². The Balaban J connectivity index is 1.98. The lowest BCUT2D eigenvalue weighted by atomic mass is 9.96. The number of imidazole rings is 1. The Bertz CT molecular complexity index is 1160. The van der Waals surface area contributed by atoms with E-state index in [0.717, 1.165) is 28.0 Å². The number of nitrogens with zero attached hydrogens (tertiary/aromatic N) is 3. The number of pyridine rings is 1. The maximum absolute atomic E-state index is 15.0. The van der Waals surface area contributed by atoms with Crippen LogP contribution in [-0.4, -0.2) is 32.5 Å². The summed E-state index contributed by atoms with van der Waals surface area (Å²) >= 11 is 0. The second kappa shape index (κ2) is 5.83. The van der Waals surface area contributed by atoms with Gasteiger partial charge in [-0.1, -0.05) is 0 Å². The molecule has 0 atom stereocenters. The Morgan fingerprint density at radius 2 is 2.12 bits per heavy atom. The van der Waals surface area contributed by atoms with E-state index in [1.165, 1.54) is 6.92 Å². The van der Waals surface area contributed by atoms with E-state index in [1.54, 1.807) is 20.2 Å². The van der Waals surface area contributed by atoms with Gasteiger partial charge in [0.1, 0.15) is 17.2 Å². The number of amides is 1. The monoisotopic (exact) mass is 352 g/mol. The summed E-state index contributed by atoms with van der Waals surface area (Å²) in [5.41, 5.74) is 3.36. The molecule has 0 saturated carbocycles. The predicted octanol–water partition coefficient (Wildman–Crippen LogP) is 3.33. The van der Waals surface area contributed by atoms with E-state index in [0.29, 0.717) is 11.1 Å². The molecule has 8 heteroatoms. The number of fused-ring (bicyclic) bond motifs is 2. The molecule has 26 heavy (non-hydrogen) atoms. The molecule has 0 unspecified atom stereocenters. The molecule has 1 amide bonds. The molecular weight excluding hydrogens is 335 g/mol. The summed E-state index contributed by atoms with van der Waals surface area (Å²) in [6.45, 7) is 3.04. The van der Waals surface area contributed by atoms with Gasteiger partial charge in [0.2, 0.25) is 5.91 Å². The van der Waals surface area contributed by atoms with Gasteiger partial charge in [-0.25, -0.2) is 9.37 Å². The van der Waals surface area contributed by atoms with E-state index in [1.807, 2.05) is 28.9 Å². The van der Waals surface area contributed by atoms with Gasteiger partial charge in [-0.3, -0.25) is 9.89 Å². The van der Waals surface area contributed by atoms with E-state index in [2.05, 4.69) is 25.8 Å². The van der Waals surface area contributed by atoms with Gasteiger partial charge in [-0.15, -0.1) is 0 Å². The van der Waals surface area contributed by atoms with Gasteiger partial charge in [0.25, 0.3) is 0 Å². The van der Waals surface area contributed by atoms with Crippen LogP contribution in [0, 0.1) is 12.7 Å². The fourth-order valence-electron chi connectivity index (χ4n) is 3.20. The Hall–Kier alpha value is -3.42. The second-order valence-corrected chi connectivity index (χ2v) is 6.09. The number of nitrogens with one attached hydrogen (secondary N) is 3. The minimum atomic E-state index is -0.478. The molecular formula is C18H17FN6O. The van der Waals surface area contributed by atoms with Gasteiger partial charge in [-0.05, 0) is 30.2 Å². The van der Waals surface area contributed by atoms with Crippen LogP contribution in [0.15, 0.2) is 30.7 Å². The molecule has 0 aliphatic heterocycles. The zero-order chi connectivity index (χ0) is 18.4. The third kappa shape index (κ3) is 2.38. The molecule has 3 heterocycles. The third-order valence-corrected chi connectivity index (χ3v) is 4.38. The first-order valence-corrected chi connectivity index (χ1v) is 8.09. The van der Waals surface area contributed by atoms with E-state index >= 15 is 0 Å². The van der Waals surface area contributed by atoms with Crippen LogP contribution in [0.3, 0.4) is 0 Å². The number of halogens is 1. The van der Waals surface area contributed by atoms with Crippen LogP contribution in [0.25, 0.3) is 27.7 Å². The molecule has 0 saturated heterocycles. The second-order valence-electron chi connectivity index (χ2n) is 6.09.